The van der Waals surface area contributed by atoms with Crippen molar-refractivity contribution in [2.45, 2.75) is 38.4 Å². The number of hydrogen-bond acceptors (Lipinski definition) is 3. The lowest BCUT2D eigenvalue weighted by Crippen LogP contribution is -2.29. The number of amides is 2. The number of urea groups is 1. The molecule has 1 aromatic carbocycles. The topological polar surface area (TPSA) is 57.3 Å². The van der Waals surface area contributed by atoms with E-state index in [-0.39, 0.29) is 12.2 Å². The largest absolute Gasteiger partial charge is 0.418 e. The van der Waals surface area contributed by atoms with Gasteiger partial charge in [-0.2, -0.15) is 13.2 Å². The van der Waals surface area contributed by atoms with Gasteiger partial charge in [-0.05, 0) is 36.6 Å². The highest BCUT2D eigenvalue weighted by Crippen LogP contribution is 2.34. The molecule has 5 nitrogen and oxygen atoms in total. The predicted molar refractivity (Wildman–Crippen MR) is 102 cm³/mol. The molecule has 1 fully saturated rings. The number of rotatable bonds is 4. The van der Waals surface area contributed by atoms with Gasteiger partial charge in [-0.3, -0.25) is 0 Å². The summed E-state index contributed by atoms with van der Waals surface area (Å²) in [7, 11) is 0. The van der Waals surface area contributed by atoms with Crippen LogP contribution in [-0.4, -0.2) is 24.1 Å². The highest BCUT2D eigenvalue weighted by atomic mass is 19.4. The van der Waals surface area contributed by atoms with Gasteiger partial charge in [0, 0.05) is 25.8 Å². The van der Waals surface area contributed by atoms with Gasteiger partial charge in [-0.1, -0.05) is 31.0 Å². The zero-order chi connectivity index (χ0) is 20.0. The lowest BCUT2D eigenvalue weighted by atomic mass is 10.1. The average molecular weight is 392 g/mol. The van der Waals surface area contributed by atoms with Crippen molar-refractivity contribution in [3.05, 3.63) is 53.7 Å². The summed E-state index contributed by atoms with van der Waals surface area (Å²) in [5.74, 6) is 0.911. The van der Waals surface area contributed by atoms with Crippen molar-refractivity contribution < 1.29 is 18.0 Å². The van der Waals surface area contributed by atoms with Gasteiger partial charge in [-0.15, -0.1) is 0 Å². The van der Waals surface area contributed by atoms with Crippen LogP contribution in [0.1, 0.15) is 36.8 Å². The first-order chi connectivity index (χ1) is 13.4. The van der Waals surface area contributed by atoms with E-state index in [1.54, 1.807) is 6.20 Å². The Morgan fingerprint density at radius 3 is 2.39 bits per heavy atom. The molecule has 1 saturated heterocycles. The Hall–Kier alpha value is -2.77. The SMILES string of the molecule is O=C(NCc1ccc(N2CCCCCC2)nc1)Nc1ccccc1C(F)(F)F. The molecule has 150 valence electrons. The Bertz CT molecular complexity index is 785. The molecule has 28 heavy (non-hydrogen) atoms. The van der Waals surface area contributed by atoms with E-state index in [1.807, 2.05) is 12.1 Å². The van der Waals surface area contributed by atoms with Crippen LogP contribution in [0.2, 0.25) is 0 Å². The number of halogens is 3. The van der Waals surface area contributed by atoms with Gasteiger partial charge < -0.3 is 15.5 Å². The highest BCUT2D eigenvalue weighted by molar-refractivity contribution is 5.90. The molecule has 0 bridgehead atoms. The van der Waals surface area contributed by atoms with E-state index >= 15 is 0 Å². The third-order valence-electron chi connectivity index (χ3n) is 4.67. The summed E-state index contributed by atoms with van der Waals surface area (Å²) in [6, 6.07) is 7.96. The Morgan fingerprint density at radius 1 is 1.04 bits per heavy atom. The molecule has 8 heteroatoms. The molecule has 2 amide bonds. The van der Waals surface area contributed by atoms with E-state index < -0.39 is 17.8 Å². The molecule has 1 aliphatic heterocycles. The first-order valence-electron chi connectivity index (χ1n) is 9.34. The number of nitrogens with one attached hydrogen (secondary N) is 2. The lowest BCUT2D eigenvalue weighted by molar-refractivity contribution is -0.136. The minimum atomic E-state index is -4.53. The molecule has 0 aliphatic carbocycles. The zero-order valence-corrected chi connectivity index (χ0v) is 15.4. The number of alkyl halides is 3. The lowest BCUT2D eigenvalue weighted by Gasteiger charge is -2.21. The third-order valence-corrected chi connectivity index (χ3v) is 4.67. The molecule has 1 aromatic heterocycles. The fourth-order valence-corrected chi connectivity index (χ4v) is 3.20. The molecule has 0 saturated carbocycles. The van der Waals surface area contributed by atoms with E-state index in [2.05, 4.69) is 20.5 Å². The summed E-state index contributed by atoms with van der Waals surface area (Å²) in [5, 5.41) is 4.82. The van der Waals surface area contributed by atoms with E-state index in [4.69, 9.17) is 0 Å². The number of carbonyl (C=O) groups is 1. The molecule has 0 atom stereocenters. The quantitative estimate of drug-likeness (QED) is 0.786. The van der Waals surface area contributed by atoms with Crippen LogP contribution in [0.5, 0.6) is 0 Å². The first-order valence-corrected chi connectivity index (χ1v) is 9.34. The van der Waals surface area contributed by atoms with Gasteiger partial charge in [0.05, 0.1) is 11.3 Å². The maximum atomic E-state index is 13.0. The maximum Gasteiger partial charge on any atom is 0.418 e. The molecule has 1 aliphatic rings. The minimum absolute atomic E-state index is 0.174. The second-order valence-electron chi connectivity index (χ2n) is 6.78. The number of hydrogen-bond donors (Lipinski definition) is 2. The van der Waals surface area contributed by atoms with Crippen molar-refractivity contribution in [2.24, 2.45) is 0 Å². The highest BCUT2D eigenvalue weighted by Gasteiger charge is 2.33. The molecule has 2 N–H and O–H groups in total. The average Bonchev–Trinajstić information content (AvgIpc) is 2.96. The van der Waals surface area contributed by atoms with Gasteiger partial charge in [-0.25, -0.2) is 9.78 Å². The predicted octanol–water partition coefficient (Wildman–Crippen LogP) is 4.80. The van der Waals surface area contributed by atoms with E-state index in [9.17, 15) is 18.0 Å². The number of para-hydroxylation sites is 1. The van der Waals surface area contributed by atoms with Crippen LogP contribution in [0.3, 0.4) is 0 Å². The summed E-state index contributed by atoms with van der Waals surface area (Å²) >= 11 is 0. The van der Waals surface area contributed by atoms with Crippen LogP contribution in [-0.2, 0) is 12.7 Å². The summed E-state index contributed by atoms with van der Waals surface area (Å²) in [6.45, 7) is 2.16. The van der Waals surface area contributed by atoms with Crippen LogP contribution in [0, 0.1) is 0 Å². The number of pyridine rings is 1. The van der Waals surface area contributed by atoms with Crippen molar-refractivity contribution >= 4 is 17.5 Å². The monoisotopic (exact) mass is 392 g/mol. The number of nitrogens with zero attached hydrogens (tertiary/aromatic N) is 2. The van der Waals surface area contributed by atoms with Crippen LogP contribution in [0.15, 0.2) is 42.6 Å². The van der Waals surface area contributed by atoms with Crippen LogP contribution >= 0.6 is 0 Å². The summed E-state index contributed by atoms with van der Waals surface area (Å²) in [4.78, 5) is 18.7. The van der Waals surface area contributed by atoms with Crippen LogP contribution < -0.4 is 15.5 Å². The maximum absolute atomic E-state index is 13.0. The number of aromatic nitrogens is 1. The van der Waals surface area contributed by atoms with E-state index in [0.717, 1.165) is 43.4 Å². The van der Waals surface area contributed by atoms with E-state index in [1.165, 1.54) is 31.0 Å². The first kappa shape index (κ1) is 20.0. The molecular weight excluding hydrogens is 369 g/mol. The summed E-state index contributed by atoms with van der Waals surface area (Å²) in [6.07, 6.45) is 1.95. The van der Waals surface area contributed by atoms with Crippen molar-refractivity contribution in [3.8, 4) is 0 Å². The number of benzene rings is 1. The normalized spacial score (nSPS) is 15.0. The van der Waals surface area contributed by atoms with Gasteiger partial charge in [0.1, 0.15) is 5.82 Å². The molecule has 0 radical (unpaired) electrons. The molecule has 2 aromatic rings. The Labute approximate surface area is 162 Å². The van der Waals surface area contributed by atoms with Crippen LogP contribution in [0.4, 0.5) is 29.5 Å². The third kappa shape index (κ3) is 5.37. The second-order valence-corrected chi connectivity index (χ2v) is 6.78. The van der Waals surface area contributed by atoms with Gasteiger partial charge in [0.15, 0.2) is 0 Å². The van der Waals surface area contributed by atoms with Gasteiger partial charge in [0.2, 0.25) is 0 Å². The second kappa shape index (κ2) is 8.95. The molecule has 0 unspecified atom stereocenters. The van der Waals surface area contributed by atoms with Crippen molar-refractivity contribution in [1.82, 2.24) is 10.3 Å². The summed E-state index contributed by atoms with van der Waals surface area (Å²) < 4.78 is 38.9. The van der Waals surface area contributed by atoms with Crippen molar-refractivity contribution in [3.63, 3.8) is 0 Å². The minimum Gasteiger partial charge on any atom is -0.357 e. The molecule has 0 spiro atoms. The summed E-state index contributed by atoms with van der Waals surface area (Å²) in [5.41, 5.74) is -0.381. The number of carbonyl (C=O) groups excluding carboxylic acids is 1. The standard InChI is InChI=1S/C20H23F3N4O/c21-20(22,23)16-7-3-4-8-17(16)26-19(28)25-14-15-9-10-18(24-13-15)27-11-5-1-2-6-12-27/h3-4,7-10,13H,1-2,5-6,11-12,14H2,(H2,25,26,28). The fourth-order valence-electron chi connectivity index (χ4n) is 3.20. The Morgan fingerprint density at radius 2 is 1.75 bits per heavy atom. The molecule has 3 rings (SSSR count). The van der Waals surface area contributed by atoms with Gasteiger partial charge in [0.25, 0.3) is 0 Å². The van der Waals surface area contributed by atoms with E-state index in [0.29, 0.717) is 0 Å². The van der Waals surface area contributed by atoms with Gasteiger partial charge >= 0.3 is 12.2 Å². The Balaban J connectivity index is 1.55. The molecule has 2 heterocycles. The zero-order valence-electron chi connectivity index (χ0n) is 15.4. The smallest absolute Gasteiger partial charge is 0.357 e. The van der Waals surface area contributed by atoms with Crippen LogP contribution in [0.25, 0.3) is 0 Å². The van der Waals surface area contributed by atoms with Crippen molar-refractivity contribution in [2.75, 3.05) is 23.3 Å². The van der Waals surface area contributed by atoms with Crippen molar-refractivity contribution in [1.29, 1.82) is 0 Å². The number of anilines is 2. The Kier molecular flexibility index (Phi) is 6.38. The fraction of sp³-hybridized carbons (Fsp3) is 0.400. The molecular formula is C20H23F3N4O.